The first-order chi connectivity index (χ1) is 10.4. The van der Waals surface area contributed by atoms with Crippen LogP contribution in [0.1, 0.15) is 62.3 Å². The molecular formula is C18H35NO2SSi. The van der Waals surface area contributed by atoms with Gasteiger partial charge in [-0.1, -0.05) is 53.3 Å². The van der Waals surface area contributed by atoms with Crippen LogP contribution in [-0.4, -0.2) is 32.1 Å². The second-order valence-corrected chi connectivity index (χ2v) is 14.4. The third-order valence-electron chi connectivity index (χ3n) is 4.08. The van der Waals surface area contributed by atoms with Gasteiger partial charge in [0.2, 0.25) is 0 Å². The summed E-state index contributed by atoms with van der Waals surface area (Å²) in [5, 5.41) is 6.10. The molecular weight excluding hydrogens is 322 g/mol. The molecule has 0 aliphatic rings. The summed E-state index contributed by atoms with van der Waals surface area (Å²) in [5.41, 5.74) is 5.16. The molecule has 0 unspecified atom stereocenters. The van der Waals surface area contributed by atoms with Gasteiger partial charge in [-0.25, -0.2) is 4.79 Å². The van der Waals surface area contributed by atoms with Crippen LogP contribution in [0.4, 0.5) is 4.79 Å². The molecule has 0 bridgehead atoms. The van der Waals surface area contributed by atoms with Crippen LogP contribution >= 0.6 is 11.8 Å². The number of nitrogens with one attached hydrogen (secondary N) is 1. The van der Waals surface area contributed by atoms with Gasteiger partial charge in [0.15, 0.2) is 0 Å². The van der Waals surface area contributed by atoms with Crippen LogP contribution in [0, 0.1) is 10.8 Å². The van der Waals surface area contributed by atoms with Crippen LogP contribution in [0.5, 0.6) is 0 Å². The number of hydrogen-bond donors (Lipinski definition) is 1. The highest BCUT2D eigenvalue weighted by Crippen LogP contribution is 2.40. The SMILES string of the molecule is CC(C)[Si](C#CSCCNC(=O)OC(C)(C)C)(C(C)C)C(C)C. The smallest absolute Gasteiger partial charge is 0.407 e. The molecule has 0 aromatic carbocycles. The number of hydrogen-bond acceptors (Lipinski definition) is 3. The van der Waals surface area contributed by atoms with E-state index in [0.29, 0.717) is 23.2 Å². The maximum absolute atomic E-state index is 11.5. The second kappa shape index (κ2) is 9.63. The van der Waals surface area contributed by atoms with Crippen molar-refractivity contribution in [3.05, 3.63) is 0 Å². The number of amides is 1. The molecule has 23 heavy (non-hydrogen) atoms. The van der Waals surface area contributed by atoms with Crippen molar-refractivity contribution in [1.82, 2.24) is 5.32 Å². The van der Waals surface area contributed by atoms with E-state index in [1.165, 1.54) is 0 Å². The van der Waals surface area contributed by atoms with Crippen LogP contribution in [0.2, 0.25) is 16.6 Å². The van der Waals surface area contributed by atoms with Crippen LogP contribution in [0.25, 0.3) is 0 Å². The van der Waals surface area contributed by atoms with Gasteiger partial charge in [0, 0.05) is 12.3 Å². The molecule has 0 rings (SSSR count). The molecule has 0 saturated heterocycles. The van der Waals surface area contributed by atoms with Gasteiger partial charge in [-0.15, -0.1) is 5.54 Å². The molecule has 3 nitrogen and oxygen atoms in total. The van der Waals surface area contributed by atoms with E-state index in [9.17, 15) is 4.79 Å². The Morgan fingerprint density at radius 2 is 1.57 bits per heavy atom. The first kappa shape index (κ1) is 22.4. The summed E-state index contributed by atoms with van der Waals surface area (Å²) in [6.07, 6.45) is -0.360. The van der Waals surface area contributed by atoms with Crippen molar-refractivity contribution in [3.63, 3.8) is 0 Å². The van der Waals surface area contributed by atoms with E-state index in [1.54, 1.807) is 11.8 Å². The molecule has 134 valence electrons. The van der Waals surface area contributed by atoms with Gasteiger partial charge in [0.1, 0.15) is 13.7 Å². The molecule has 0 saturated carbocycles. The fraction of sp³-hybridized carbons (Fsp3) is 0.833. The number of thioether (sulfide) groups is 1. The zero-order valence-corrected chi connectivity index (χ0v) is 18.2. The molecule has 0 spiro atoms. The van der Waals surface area contributed by atoms with E-state index in [1.807, 2.05) is 20.8 Å². The minimum absolute atomic E-state index is 0.360. The summed E-state index contributed by atoms with van der Waals surface area (Å²) < 4.78 is 5.20. The Morgan fingerprint density at radius 1 is 1.09 bits per heavy atom. The lowest BCUT2D eigenvalue weighted by atomic mass is 10.2. The fourth-order valence-electron chi connectivity index (χ4n) is 3.13. The van der Waals surface area contributed by atoms with Crippen molar-refractivity contribution in [1.29, 1.82) is 0 Å². The summed E-state index contributed by atoms with van der Waals surface area (Å²) in [6.45, 7) is 20.1. The first-order valence-corrected chi connectivity index (χ1v) is 11.8. The van der Waals surface area contributed by atoms with E-state index < -0.39 is 13.7 Å². The second-order valence-electron chi connectivity index (χ2n) is 7.90. The monoisotopic (exact) mass is 357 g/mol. The average molecular weight is 358 g/mol. The van der Waals surface area contributed by atoms with E-state index >= 15 is 0 Å². The van der Waals surface area contributed by atoms with Crippen molar-refractivity contribution >= 4 is 25.9 Å². The highest BCUT2D eigenvalue weighted by molar-refractivity contribution is 8.03. The third kappa shape index (κ3) is 7.67. The number of rotatable bonds is 6. The molecule has 1 amide bonds. The predicted molar refractivity (Wildman–Crippen MR) is 106 cm³/mol. The maximum atomic E-state index is 11.5. The molecule has 0 aliphatic carbocycles. The summed E-state index contributed by atoms with van der Waals surface area (Å²) in [6, 6.07) is 0. The Hall–Kier alpha value is -0.603. The van der Waals surface area contributed by atoms with Crippen molar-refractivity contribution in [2.75, 3.05) is 12.3 Å². The van der Waals surface area contributed by atoms with Gasteiger partial charge in [0.25, 0.3) is 0 Å². The largest absolute Gasteiger partial charge is 0.444 e. The Bertz CT molecular complexity index is 409. The molecule has 0 radical (unpaired) electrons. The number of carbonyl (C=O) groups is 1. The molecule has 0 aliphatic heterocycles. The Balaban J connectivity index is 4.47. The molecule has 0 aromatic heterocycles. The molecule has 0 heterocycles. The zero-order chi connectivity index (χ0) is 18.3. The number of alkyl carbamates (subject to hydrolysis) is 1. The highest BCUT2D eigenvalue weighted by atomic mass is 32.2. The van der Waals surface area contributed by atoms with Crippen molar-refractivity contribution < 1.29 is 9.53 Å². The standard InChI is InChI=1S/C18H35NO2SSi/c1-14(2)23(15(3)4,16(5)6)13-12-22-11-10-19-17(20)21-18(7,8)9/h14-16H,10-11H2,1-9H3,(H,19,20). The topological polar surface area (TPSA) is 38.3 Å². The minimum Gasteiger partial charge on any atom is -0.444 e. The number of carbonyl (C=O) groups excluding carboxylic acids is 1. The van der Waals surface area contributed by atoms with Gasteiger partial charge in [-0.3, -0.25) is 0 Å². The van der Waals surface area contributed by atoms with Crippen LogP contribution in [-0.2, 0) is 4.74 Å². The van der Waals surface area contributed by atoms with E-state index in [4.69, 9.17) is 4.74 Å². The molecule has 0 atom stereocenters. The Morgan fingerprint density at radius 3 is 1.96 bits per heavy atom. The Labute approximate surface area is 148 Å². The van der Waals surface area contributed by atoms with Crippen molar-refractivity contribution in [2.45, 2.75) is 84.5 Å². The summed E-state index contributed by atoms with van der Waals surface area (Å²) in [5.74, 6) is 0.783. The number of ether oxygens (including phenoxy) is 1. The van der Waals surface area contributed by atoms with E-state index in [0.717, 1.165) is 5.75 Å². The van der Waals surface area contributed by atoms with Gasteiger partial charge in [0.05, 0.1) is 0 Å². The van der Waals surface area contributed by atoms with Crippen molar-refractivity contribution in [3.8, 4) is 10.8 Å². The van der Waals surface area contributed by atoms with Crippen LogP contribution < -0.4 is 5.32 Å². The van der Waals surface area contributed by atoms with Gasteiger partial charge >= 0.3 is 6.09 Å². The average Bonchev–Trinajstić information content (AvgIpc) is 2.34. The Kier molecular flexibility index (Phi) is 9.38. The van der Waals surface area contributed by atoms with Gasteiger partial charge < -0.3 is 10.1 Å². The maximum Gasteiger partial charge on any atom is 0.407 e. The zero-order valence-electron chi connectivity index (χ0n) is 16.4. The lowest BCUT2D eigenvalue weighted by Gasteiger charge is -2.37. The lowest BCUT2D eigenvalue weighted by molar-refractivity contribution is 0.0531. The van der Waals surface area contributed by atoms with Gasteiger partial charge in [-0.2, -0.15) is 0 Å². The van der Waals surface area contributed by atoms with E-state index in [-0.39, 0.29) is 6.09 Å². The van der Waals surface area contributed by atoms with Crippen molar-refractivity contribution in [2.24, 2.45) is 0 Å². The fourth-order valence-corrected chi connectivity index (χ4v) is 9.29. The first-order valence-electron chi connectivity index (χ1n) is 8.54. The lowest BCUT2D eigenvalue weighted by Crippen LogP contribution is -2.43. The summed E-state index contributed by atoms with van der Waals surface area (Å²) in [4.78, 5) is 11.5. The quantitative estimate of drug-likeness (QED) is 0.392. The third-order valence-corrected chi connectivity index (χ3v) is 11.2. The summed E-state index contributed by atoms with van der Waals surface area (Å²) >= 11 is 1.60. The van der Waals surface area contributed by atoms with Crippen LogP contribution in [0.15, 0.2) is 0 Å². The molecule has 5 heteroatoms. The predicted octanol–water partition coefficient (Wildman–Crippen LogP) is 5.42. The highest BCUT2D eigenvalue weighted by Gasteiger charge is 2.41. The molecule has 0 aromatic rings. The molecule has 1 N–H and O–H groups in total. The minimum atomic E-state index is -1.64. The van der Waals surface area contributed by atoms with E-state index in [2.05, 4.69) is 57.7 Å². The van der Waals surface area contributed by atoms with Crippen LogP contribution in [0.3, 0.4) is 0 Å². The molecule has 0 fully saturated rings. The summed E-state index contributed by atoms with van der Waals surface area (Å²) in [7, 11) is -1.64. The van der Waals surface area contributed by atoms with Gasteiger partial charge in [-0.05, 0) is 42.6 Å². The normalized spacial score (nSPS) is 12.3.